The number of carbonyl (C=O) groups excluding carboxylic acids is 1. The molecule has 1 amide bonds. The lowest BCUT2D eigenvalue weighted by Gasteiger charge is -2.33. The average Bonchev–Trinajstić information content (AvgIpc) is 3.12. The number of amides is 1. The summed E-state index contributed by atoms with van der Waals surface area (Å²) in [5, 5.41) is 0. The summed E-state index contributed by atoms with van der Waals surface area (Å²) in [6.45, 7) is 0. The summed E-state index contributed by atoms with van der Waals surface area (Å²) in [5.41, 5.74) is 8.83. The Morgan fingerprint density at radius 3 is 2.68 bits per heavy atom. The van der Waals surface area contributed by atoms with Gasteiger partial charge in [0.15, 0.2) is 12.0 Å². The van der Waals surface area contributed by atoms with E-state index < -0.39 is 6.09 Å². The van der Waals surface area contributed by atoms with Crippen molar-refractivity contribution in [3.8, 4) is 0 Å². The second kappa shape index (κ2) is 9.17. The molecule has 3 N–H and O–H groups in total. The number of ether oxygens (including phenoxy) is 1. The summed E-state index contributed by atoms with van der Waals surface area (Å²) in [6.07, 6.45) is 11.6. The van der Waals surface area contributed by atoms with Crippen LogP contribution in [0.25, 0.3) is 0 Å². The smallest absolute Gasteiger partial charge is 0.404 e. The van der Waals surface area contributed by atoms with Crippen molar-refractivity contribution in [1.82, 2.24) is 0 Å². The molecule has 0 spiro atoms. The molecule has 2 unspecified atom stereocenters. The zero-order valence-electron chi connectivity index (χ0n) is 15.6. The first-order valence-corrected chi connectivity index (χ1v) is 9.56. The van der Waals surface area contributed by atoms with Crippen LogP contribution in [0, 0.1) is 11.8 Å². The van der Waals surface area contributed by atoms with Crippen LogP contribution in [0.3, 0.4) is 0 Å². The summed E-state index contributed by atoms with van der Waals surface area (Å²) < 4.78 is 5.50. The van der Waals surface area contributed by atoms with Gasteiger partial charge in [0.25, 0.3) is 0 Å². The van der Waals surface area contributed by atoms with Crippen LogP contribution in [-0.2, 0) is 11.2 Å². The highest BCUT2D eigenvalue weighted by Crippen LogP contribution is 2.37. The van der Waals surface area contributed by atoms with E-state index in [2.05, 4.69) is 22.1 Å². The van der Waals surface area contributed by atoms with E-state index in [1.54, 1.807) is 6.20 Å². The van der Waals surface area contributed by atoms with Gasteiger partial charge < -0.3 is 22.9 Å². The summed E-state index contributed by atoms with van der Waals surface area (Å²) in [6, 6.07) is 10.1. The first kappa shape index (κ1) is 20.3. The molecule has 2 aliphatic heterocycles. The van der Waals surface area contributed by atoms with Gasteiger partial charge in [0, 0.05) is 12.3 Å². The maximum Gasteiger partial charge on any atom is 0.404 e. The molecule has 7 heteroatoms. The van der Waals surface area contributed by atoms with E-state index in [9.17, 15) is 4.79 Å². The Morgan fingerprint density at radius 2 is 1.96 bits per heavy atom. The van der Waals surface area contributed by atoms with Crippen molar-refractivity contribution in [2.75, 3.05) is 0 Å². The first-order chi connectivity index (χ1) is 13.2. The zero-order chi connectivity index (χ0) is 18.6. The highest BCUT2D eigenvalue weighted by atomic mass is 35.5. The molecule has 1 aliphatic carbocycles. The number of primary amides is 1. The van der Waals surface area contributed by atoms with Gasteiger partial charge in [-0.3, -0.25) is 4.99 Å². The van der Waals surface area contributed by atoms with E-state index in [0.29, 0.717) is 18.3 Å². The molecule has 6 nitrogen and oxygen atoms in total. The maximum atomic E-state index is 11.4. The third-order valence-corrected chi connectivity index (χ3v) is 5.71. The topological polar surface area (TPSA) is 81.5 Å². The molecule has 2 heterocycles. The lowest BCUT2D eigenvalue weighted by Crippen LogP contribution is -3.04. The number of hydrogen-bond acceptors (Lipinski definition) is 4. The molecule has 3 aliphatic rings. The van der Waals surface area contributed by atoms with Crippen molar-refractivity contribution in [3.05, 3.63) is 59.7 Å². The Balaban J connectivity index is 0.00000225. The van der Waals surface area contributed by atoms with E-state index in [-0.39, 0.29) is 18.5 Å². The Kier molecular flexibility index (Phi) is 6.65. The monoisotopic (exact) mass is 400 g/mol. The van der Waals surface area contributed by atoms with Gasteiger partial charge in [0.2, 0.25) is 0 Å². The Labute approximate surface area is 171 Å². The van der Waals surface area contributed by atoms with E-state index in [4.69, 9.17) is 10.5 Å². The molecular weight excluding hydrogens is 376 g/mol. The number of nitrogens with two attached hydrogens (primary N) is 1. The maximum absolute atomic E-state index is 11.4. The predicted octanol–water partition coefficient (Wildman–Crippen LogP) is -0.803. The summed E-state index contributed by atoms with van der Waals surface area (Å²) in [4.78, 5) is 21.5. The van der Waals surface area contributed by atoms with Gasteiger partial charge in [0.1, 0.15) is 18.0 Å². The number of benzene rings is 1. The molecule has 1 fully saturated rings. The van der Waals surface area contributed by atoms with Crippen molar-refractivity contribution in [1.29, 1.82) is 0 Å². The van der Waals surface area contributed by atoms with Crippen LogP contribution in [0.5, 0.6) is 0 Å². The second-order valence-electron chi connectivity index (χ2n) is 7.38. The summed E-state index contributed by atoms with van der Waals surface area (Å²) >= 11 is 0. The van der Waals surface area contributed by atoms with Gasteiger partial charge in [-0.15, -0.1) is 0 Å². The van der Waals surface area contributed by atoms with Crippen LogP contribution >= 0.6 is 0 Å². The molecule has 1 saturated carbocycles. The van der Waals surface area contributed by atoms with Crippen LogP contribution in [-0.4, -0.2) is 24.8 Å². The largest absolute Gasteiger partial charge is 1.00 e. The minimum atomic E-state index is -0.687. The normalized spacial score (nSPS) is 26.5. The highest BCUT2D eigenvalue weighted by Gasteiger charge is 2.35. The number of allylic oxidation sites excluding steroid dienone is 2. The number of nitrogens with one attached hydrogen (secondary N) is 1. The molecule has 4 rings (SSSR count). The predicted molar refractivity (Wildman–Crippen MR) is 104 cm³/mol. The van der Waals surface area contributed by atoms with Crippen molar-refractivity contribution in [2.45, 2.75) is 38.2 Å². The lowest BCUT2D eigenvalue weighted by atomic mass is 9.76. The molecule has 0 aromatic heterocycles. The number of quaternary nitrogens is 1. The van der Waals surface area contributed by atoms with Gasteiger partial charge in [0.05, 0.1) is 12.4 Å². The minimum absolute atomic E-state index is 0. The minimum Gasteiger partial charge on any atom is -1.00 e. The van der Waals surface area contributed by atoms with Crippen molar-refractivity contribution < 1.29 is 26.8 Å². The van der Waals surface area contributed by atoms with Crippen LogP contribution in [0.4, 0.5) is 4.79 Å². The molecule has 148 valence electrons. The third kappa shape index (κ3) is 4.51. The van der Waals surface area contributed by atoms with Gasteiger partial charge in [-0.05, 0) is 37.2 Å². The highest BCUT2D eigenvalue weighted by molar-refractivity contribution is 5.81. The summed E-state index contributed by atoms with van der Waals surface area (Å²) in [7, 11) is 0. The molecule has 28 heavy (non-hydrogen) atoms. The van der Waals surface area contributed by atoms with Gasteiger partial charge >= 0.3 is 6.09 Å². The molecular formula is C21H25ClN4O2. The standard InChI is InChI=1S/C21H24N4O2.ClH/c22-21(26)27-19(12-15-4-2-1-3-5-15)16-6-8-17(9-7-16)20-18-13-23-10-11-25(18)14-24-20;/h1-5,10-11,13-14,16-17,19H,6-9,12H2,(H2,22,26);1H. The van der Waals surface area contributed by atoms with E-state index in [1.807, 2.05) is 37.0 Å². The third-order valence-electron chi connectivity index (χ3n) is 5.71. The number of halogens is 1. The van der Waals surface area contributed by atoms with E-state index in [0.717, 1.165) is 42.0 Å². The molecule has 0 saturated heterocycles. The Morgan fingerprint density at radius 1 is 1.21 bits per heavy atom. The summed E-state index contributed by atoms with van der Waals surface area (Å²) in [5.74, 6) is 0.766. The van der Waals surface area contributed by atoms with Gasteiger partial charge in [-0.2, -0.15) is 0 Å². The fourth-order valence-electron chi connectivity index (χ4n) is 4.33. The van der Waals surface area contributed by atoms with Crippen molar-refractivity contribution >= 4 is 18.6 Å². The quantitative estimate of drug-likeness (QED) is 0.678. The van der Waals surface area contributed by atoms with Crippen LogP contribution in [0.1, 0.15) is 31.2 Å². The van der Waals surface area contributed by atoms with Crippen LogP contribution in [0.15, 0.2) is 64.1 Å². The lowest BCUT2D eigenvalue weighted by molar-refractivity contribution is -0.682. The molecule has 1 aromatic rings. The molecule has 0 radical (unpaired) electrons. The van der Waals surface area contributed by atoms with Crippen molar-refractivity contribution in [3.63, 3.8) is 0 Å². The van der Waals surface area contributed by atoms with E-state index in [1.165, 1.54) is 5.56 Å². The van der Waals surface area contributed by atoms with Crippen molar-refractivity contribution in [2.24, 2.45) is 27.6 Å². The number of nitrogens with zero attached hydrogens (tertiary/aromatic N) is 2. The zero-order valence-corrected chi connectivity index (χ0v) is 16.4. The Bertz CT molecular complexity index is 811. The van der Waals surface area contributed by atoms with Gasteiger partial charge in [-0.25, -0.2) is 14.7 Å². The van der Waals surface area contributed by atoms with Crippen LogP contribution in [0.2, 0.25) is 0 Å². The Hall–Kier alpha value is -2.44. The fourth-order valence-corrected chi connectivity index (χ4v) is 4.33. The molecule has 2 atom stereocenters. The number of fused-ring (bicyclic) bond motifs is 1. The number of carbonyl (C=O) groups is 1. The van der Waals surface area contributed by atoms with E-state index >= 15 is 0 Å². The number of hydrogen-bond donors (Lipinski definition) is 2. The molecule has 1 aromatic carbocycles. The molecule has 0 bridgehead atoms. The number of aliphatic imine (C=N–C) groups is 2. The average molecular weight is 401 g/mol. The fraction of sp³-hybridized carbons (Fsp3) is 0.381. The van der Waals surface area contributed by atoms with Crippen LogP contribution < -0.4 is 23.0 Å². The number of rotatable bonds is 5. The van der Waals surface area contributed by atoms with Gasteiger partial charge in [-0.1, -0.05) is 30.3 Å². The second-order valence-corrected chi connectivity index (χ2v) is 7.38. The first-order valence-electron chi connectivity index (χ1n) is 9.56. The SMILES string of the molecule is NC(=O)OC(Cc1ccccc1)C1CCC(C2=C3C=NC=C[NH+]3C=N2)CC1.[Cl-].